The number of H-pyrrole nitrogens is 1. The third kappa shape index (κ3) is 5.31. The van der Waals surface area contributed by atoms with E-state index in [0.717, 1.165) is 31.4 Å². The number of anilines is 1. The number of nitrogens with one attached hydrogen (secondary N) is 1. The Bertz CT molecular complexity index is 1470. The Morgan fingerprint density at radius 1 is 1.12 bits per heavy atom. The quantitative estimate of drug-likeness (QED) is 0.381. The highest BCUT2D eigenvalue weighted by molar-refractivity contribution is 7.16. The van der Waals surface area contributed by atoms with E-state index in [1.807, 2.05) is 42.4 Å². The second-order valence-corrected chi connectivity index (χ2v) is 11.7. The predicted molar refractivity (Wildman–Crippen MR) is 147 cm³/mol. The van der Waals surface area contributed by atoms with Crippen LogP contribution in [0.5, 0.6) is 0 Å². The SMILES string of the molecule is CC1CN(c2sc(C(F)(F)F)nc2-c2nc3ccccc3[nH]2)CCN1C(=O)Cn1cc(C2CCN(C)CC2)cn1. The average Bonchev–Trinajstić information content (AvgIpc) is 3.66. The van der Waals surface area contributed by atoms with Crippen molar-refractivity contribution in [3.63, 3.8) is 0 Å². The molecule has 1 unspecified atom stereocenters. The van der Waals surface area contributed by atoms with Gasteiger partial charge in [-0.25, -0.2) is 9.97 Å². The van der Waals surface area contributed by atoms with Crippen molar-refractivity contribution in [2.75, 3.05) is 44.7 Å². The number of fused-ring (bicyclic) bond motifs is 1. The summed E-state index contributed by atoms with van der Waals surface area (Å²) in [6, 6.07) is 7.09. The van der Waals surface area contributed by atoms with E-state index in [-0.39, 0.29) is 24.2 Å². The maximum Gasteiger partial charge on any atom is 0.443 e. The van der Waals surface area contributed by atoms with Gasteiger partial charge in [0.25, 0.3) is 0 Å². The summed E-state index contributed by atoms with van der Waals surface area (Å²) < 4.78 is 42.8. The first-order chi connectivity index (χ1) is 19.2. The van der Waals surface area contributed by atoms with Gasteiger partial charge in [0.15, 0.2) is 5.82 Å². The summed E-state index contributed by atoms with van der Waals surface area (Å²) in [5.74, 6) is 0.709. The van der Waals surface area contributed by atoms with Crippen LogP contribution in [0, 0.1) is 0 Å². The Kier molecular flexibility index (Phi) is 7.03. The number of nitrogens with zero attached hydrogens (tertiary/aromatic N) is 7. The molecule has 2 saturated heterocycles. The molecular formula is C27H31F3N8OS. The Morgan fingerprint density at radius 2 is 1.90 bits per heavy atom. The molecule has 0 radical (unpaired) electrons. The van der Waals surface area contributed by atoms with E-state index in [0.29, 0.717) is 53.2 Å². The van der Waals surface area contributed by atoms with Crippen molar-refractivity contribution in [2.45, 2.75) is 44.4 Å². The first kappa shape index (κ1) is 26.8. The number of benzene rings is 1. The second-order valence-electron chi connectivity index (χ2n) is 10.7. The Hall–Kier alpha value is -3.45. The van der Waals surface area contributed by atoms with Crippen molar-refractivity contribution in [2.24, 2.45) is 0 Å². The number of hydrogen-bond acceptors (Lipinski definition) is 7. The normalized spacial score (nSPS) is 19.6. The minimum atomic E-state index is -4.57. The number of rotatable bonds is 5. The van der Waals surface area contributed by atoms with Crippen LogP contribution < -0.4 is 4.90 Å². The van der Waals surface area contributed by atoms with Crippen LogP contribution in [-0.2, 0) is 17.5 Å². The van der Waals surface area contributed by atoms with E-state index in [4.69, 9.17) is 0 Å². The molecule has 1 aromatic carbocycles. The molecule has 212 valence electrons. The summed E-state index contributed by atoms with van der Waals surface area (Å²) in [6.07, 6.45) is 1.44. The molecular weight excluding hydrogens is 541 g/mol. The first-order valence-corrected chi connectivity index (χ1v) is 14.3. The van der Waals surface area contributed by atoms with Crippen molar-refractivity contribution in [3.8, 4) is 11.5 Å². The first-order valence-electron chi connectivity index (χ1n) is 13.4. The van der Waals surface area contributed by atoms with Crippen molar-refractivity contribution in [1.29, 1.82) is 0 Å². The smallest absolute Gasteiger partial charge is 0.358 e. The molecule has 9 nitrogen and oxygen atoms in total. The summed E-state index contributed by atoms with van der Waals surface area (Å²) >= 11 is 0.618. The molecule has 0 bridgehead atoms. The number of piperidine rings is 1. The number of halogens is 3. The van der Waals surface area contributed by atoms with Gasteiger partial charge < -0.3 is 19.7 Å². The summed E-state index contributed by atoms with van der Waals surface area (Å²) in [7, 11) is 2.13. The highest BCUT2D eigenvalue weighted by atomic mass is 32.1. The van der Waals surface area contributed by atoms with Crippen LogP contribution in [0.15, 0.2) is 36.7 Å². The minimum absolute atomic E-state index is 0.0528. The predicted octanol–water partition coefficient (Wildman–Crippen LogP) is 4.45. The molecule has 2 aliphatic rings. The number of aromatic amines is 1. The molecule has 5 heterocycles. The van der Waals surface area contributed by atoms with Gasteiger partial charge in [0, 0.05) is 31.9 Å². The number of amides is 1. The zero-order valence-corrected chi connectivity index (χ0v) is 23.2. The highest BCUT2D eigenvalue weighted by Gasteiger charge is 2.39. The van der Waals surface area contributed by atoms with Crippen molar-refractivity contribution < 1.29 is 18.0 Å². The molecule has 0 spiro atoms. The van der Waals surface area contributed by atoms with E-state index in [9.17, 15) is 18.0 Å². The van der Waals surface area contributed by atoms with Gasteiger partial charge >= 0.3 is 6.18 Å². The monoisotopic (exact) mass is 572 g/mol. The van der Waals surface area contributed by atoms with Crippen LogP contribution in [0.4, 0.5) is 18.2 Å². The highest BCUT2D eigenvalue weighted by Crippen LogP contribution is 2.42. The van der Waals surface area contributed by atoms with Crippen LogP contribution in [0.25, 0.3) is 22.6 Å². The van der Waals surface area contributed by atoms with Gasteiger partial charge in [-0.05, 0) is 63.5 Å². The van der Waals surface area contributed by atoms with Gasteiger partial charge in [0.05, 0.1) is 17.2 Å². The molecule has 4 aromatic rings. The lowest BCUT2D eigenvalue weighted by molar-refractivity contribution is -0.137. The number of hydrogen-bond donors (Lipinski definition) is 1. The fourth-order valence-electron chi connectivity index (χ4n) is 5.63. The maximum absolute atomic E-state index is 13.7. The van der Waals surface area contributed by atoms with E-state index < -0.39 is 11.2 Å². The van der Waals surface area contributed by atoms with E-state index in [2.05, 4.69) is 32.0 Å². The van der Waals surface area contributed by atoms with E-state index in [1.165, 1.54) is 5.56 Å². The number of aromatic nitrogens is 5. The fraction of sp³-hybridized carbons (Fsp3) is 0.481. The molecule has 6 rings (SSSR count). The molecule has 2 fully saturated rings. The standard InChI is InChI=1S/C27H31F3N8OS/c1-17-14-36(11-12-38(17)22(39)16-37-15-19(13-31-37)18-7-9-35(2)10-8-18)25-23(34-26(40-25)27(28,29)30)24-32-20-5-3-4-6-21(20)33-24/h3-6,13,15,17-18H,7-12,14,16H2,1-2H3,(H,32,33). The molecule has 0 saturated carbocycles. The van der Waals surface area contributed by atoms with Crippen molar-refractivity contribution in [1.82, 2.24) is 34.5 Å². The lowest BCUT2D eigenvalue weighted by Crippen LogP contribution is -2.54. The molecule has 0 aliphatic carbocycles. The number of carbonyl (C=O) groups is 1. The third-order valence-electron chi connectivity index (χ3n) is 7.84. The fourth-order valence-corrected chi connectivity index (χ4v) is 6.60. The number of para-hydroxylation sites is 2. The van der Waals surface area contributed by atoms with Crippen molar-refractivity contribution >= 4 is 33.3 Å². The number of imidazole rings is 1. The molecule has 13 heteroatoms. The Morgan fingerprint density at radius 3 is 2.62 bits per heavy atom. The summed E-state index contributed by atoms with van der Waals surface area (Å²) in [5, 5.41) is 3.93. The lowest BCUT2D eigenvalue weighted by atomic mass is 9.92. The molecule has 3 aromatic heterocycles. The van der Waals surface area contributed by atoms with Crippen LogP contribution in [0.1, 0.15) is 36.3 Å². The van der Waals surface area contributed by atoms with Gasteiger partial charge in [0.2, 0.25) is 10.9 Å². The minimum Gasteiger partial charge on any atom is -0.358 e. The molecule has 1 amide bonds. The van der Waals surface area contributed by atoms with Gasteiger partial charge in [-0.15, -0.1) is 0 Å². The molecule has 1 N–H and O–H groups in total. The van der Waals surface area contributed by atoms with Crippen LogP contribution in [0.2, 0.25) is 0 Å². The number of carbonyl (C=O) groups excluding carboxylic acids is 1. The van der Waals surface area contributed by atoms with Gasteiger partial charge in [-0.2, -0.15) is 18.3 Å². The number of piperazine rings is 1. The van der Waals surface area contributed by atoms with Crippen LogP contribution in [-0.4, -0.2) is 86.3 Å². The van der Waals surface area contributed by atoms with Crippen LogP contribution in [0.3, 0.4) is 0 Å². The summed E-state index contributed by atoms with van der Waals surface area (Å²) in [4.78, 5) is 30.8. The molecule has 1 atom stereocenters. The Balaban J connectivity index is 1.17. The third-order valence-corrected chi connectivity index (χ3v) is 9.00. The van der Waals surface area contributed by atoms with E-state index >= 15 is 0 Å². The topological polar surface area (TPSA) is 86.2 Å². The number of alkyl halides is 3. The maximum atomic E-state index is 13.7. The van der Waals surface area contributed by atoms with Crippen molar-refractivity contribution in [3.05, 3.63) is 47.2 Å². The van der Waals surface area contributed by atoms with Gasteiger partial charge in [-0.3, -0.25) is 9.48 Å². The summed E-state index contributed by atoms with van der Waals surface area (Å²) in [5.41, 5.74) is 2.74. The summed E-state index contributed by atoms with van der Waals surface area (Å²) in [6.45, 7) is 5.34. The zero-order chi connectivity index (χ0) is 28.0. The van der Waals surface area contributed by atoms with Gasteiger partial charge in [-0.1, -0.05) is 23.5 Å². The number of likely N-dealkylation sites (tertiary alicyclic amines) is 1. The van der Waals surface area contributed by atoms with Gasteiger partial charge in [0.1, 0.15) is 17.2 Å². The second kappa shape index (κ2) is 10.5. The molecule has 40 heavy (non-hydrogen) atoms. The lowest BCUT2D eigenvalue weighted by Gasteiger charge is -2.40. The molecule has 2 aliphatic heterocycles. The largest absolute Gasteiger partial charge is 0.443 e. The number of thiazole rings is 1. The van der Waals surface area contributed by atoms with Crippen LogP contribution >= 0.6 is 11.3 Å². The van der Waals surface area contributed by atoms with E-state index in [1.54, 1.807) is 15.6 Å². The Labute approximate surface area is 233 Å². The zero-order valence-electron chi connectivity index (χ0n) is 22.4. The average molecular weight is 573 g/mol.